The molecule has 0 aliphatic carbocycles. The minimum atomic E-state index is -1.25. The summed E-state index contributed by atoms with van der Waals surface area (Å²) in [6.07, 6.45) is -1.25. The number of aromatic nitrogens is 2. The smallest absolute Gasteiger partial charge is 0.434 e. The van der Waals surface area contributed by atoms with E-state index in [1.165, 1.54) is 0 Å². The fourth-order valence-corrected chi connectivity index (χ4v) is 3.08. The molecule has 8 heteroatoms. The van der Waals surface area contributed by atoms with Gasteiger partial charge in [-0.1, -0.05) is 60.7 Å². The molecule has 2 heterocycles. The normalized spacial score (nSPS) is 10.3. The van der Waals surface area contributed by atoms with Gasteiger partial charge in [-0.2, -0.15) is 15.5 Å². The number of rotatable bonds is 5. The van der Waals surface area contributed by atoms with E-state index >= 15 is 0 Å². The van der Waals surface area contributed by atoms with Gasteiger partial charge in [0.2, 0.25) is 17.6 Å². The predicted molar refractivity (Wildman–Crippen MR) is 113 cm³/mol. The predicted octanol–water partition coefficient (Wildman–Crippen LogP) is 5.63. The highest BCUT2D eigenvalue weighted by atomic mass is 16.4. The average molecular weight is 416 g/mol. The second kappa shape index (κ2) is 8.67. The van der Waals surface area contributed by atoms with Gasteiger partial charge in [0.25, 0.3) is 0 Å². The molecule has 0 aliphatic heterocycles. The lowest BCUT2D eigenvalue weighted by Crippen LogP contribution is -1.91. The first-order valence-corrected chi connectivity index (χ1v) is 9.35. The van der Waals surface area contributed by atoms with Gasteiger partial charge in [-0.3, -0.25) is 0 Å². The molecule has 0 saturated heterocycles. The Hall–Kier alpha value is -5.18. The van der Waals surface area contributed by atoms with Crippen LogP contribution in [-0.4, -0.2) is 9.97 Å². The molecule has 8 nitrogen and oxygen atoms in total. The van der Waals surface area contributed by atoms with Crippen molar-refractivity contribution in [2.75, 3.05) is 0 Å². The summed E-state index contributed by atoms with van der Waals surface area (Å²) in [5, 5.41) is 18.6. The molecule has 0 spiro atoms. The third kappa shape index (κ3) is 3.57. The van der Waals surface area contributed by atoms with Crippen molar-refractivity contribution in [1.82, 2.24) is 9.97 Å². The number of nitriles is 2. The van der Waals surface area contributed by atoms with Crippen LogP contribution in [0.15, 0.2) is 69.5 Å². The van der Waals surface area contributed by atoms with Crippen molar-refractivity contribution in [2.24, 2.45) is 0 Å². The van der Waals surface area contributed by atoms with E-state index in [-0.39, 0.29) is 23.3 Å². The third-order valence-corrected chi connectivity index (χ3v) is 4.56. The van der Waals surface area contributed by atoms with E-state index in [1.54, 1.807) is 12.1 Å². The van der Waals surface area contributed by atoms with Gasteiger partial charge in [-0.25, -0.2) is 27.8 Å². The van der Waals surface area contributed by atoms with Crippen molar-refractivity contribution in [1.29, 1.82) is 10.5 Å². The summed E-state index contributed by atoms with van der Waals surface area (Å²) in [7, 11) is 0. The Morgan fingerprint density at radius 1 is 0.719 bits per heavy atom. The first-order chi connectivity index (χ1) is 15.7. The molecule has 2 aromatic heterocycles. The molecule has 0 fully saturated rings. The Labute approximate surface area is 183 Å². The van der Waals surface area contributed by atoms with Gasteiger partial charge in [-0.05, 0) is 0 Å². The highest BCUT2D eigenvalue weighted by Crippen LogP contribution is 2.41. The van der Waals surface area contributed by atoms with E-state index in [0.29, 0.717) is 22.5 Å². The Morgan fingerprint density at radius 3 is 1.59 bits per heavy atom. The van der Waals surface area contributed by atoms with E-state index in [4.69, 9.17) is 22.0 Å². The van der Waals surface area contributed by atoms with Crippen LogP contribution >= 0.6 is 0 Å². The largest absolute Gasteiger partial charge is 0.553 e. The van der Waals surface area contributed by atoms with Gasteiger partial charge in [0.15, 0.2) is 5.76 Å². The lowest BCUT2D eigenvalue weighted by Gasteiger charge is -2.01. The zero-order valence-electron chi connectivity index (χ0n) is 16.4. The molecule has 2 aromatic carbocycles. The summed E-state index contributed by atoms with van der Waals surface area (Å²) < 4.78 is 11.8. The van der Waals surface area contributed by atoms with Crippen LogP contribution < -0.4 is 0 Å². The van der Waals surface area contributed by atoms with Crippen LogP contribution in [0.25, 0.3) is 43.7 Å². The zero-order valence-corrected chi connectivity index (χ0v) is 16.4. The second-order valence-corrected chi connectivity index (χ2v) is 6.51. The molecule has 4 rings (SSSR count). The molecule has 0 saturated carbocycles. The lowest BCUT2D eigenvalue weighted by atomic mass is 10.1. The van der Waals surface area contributed by atoms with E-state index in [2.05, 4.69) is 19.7 Å². The van der Waals surface area contributed by atoms with E-state index in [1.807, 2.05) is 60.7 Å². The Balaban J connectivity index is 2.01. The fraction of sp³-hybridized carbons (Fsp3) is 0.0833. The van der Waals surface area contributed by atoms with Gasteiger partial charge in [0.1, 0.15) is 11.4 Å². The number of benzene rings is 2. The average Bonchev–Trinajstić information content (AvgIpc) is 3.47. The minimum absolute atomic E-state index is 0.0714. The zero-order chi connectivity index (χ0) is 22.5. The van der Waals surface area contributed by atoms with Crippen molar-refractivity contribution in [3.05, 3.63) is 95.3 Å². The Morgan fingerprint density at radius 2 is 1.16 bits per heavy atom. The molecule has 4 aromatic rings. The molecule has 0 N–H and O–H groups in total. The monoisotopic (exact) mass is 416 g/mol. The van der Waals surface area contributed by atoms with Crippen LogP contribution in [0, 0.1) is 35.8 Å². The molecule has 0 unspecified atom stereocenters. The fourth-order valence-electron chi connectivity index (χ4n) is 3.08. The van der Waals surface area contributed by atoms with Crippen LogP contribution in [0.4, 0.5) is 0 Å². The van der Waals surface area contributed by atoms with Crippen LogP contribution in [0.3, 0.4) is 0 Å². The summed E-state index contributed by atoms with van der Waals surface area (Å²) in [5.74, 6) is -1.04. The summed E-state index contributed by atoms with van der Waals surface area (Å²) >= 11 is 0. The van der Waals surface area contributed by atoms with E-state index < -0.39 is 12.1 Å². The SMILES string of the molecule is [C-]#[N+]C([N+]#[C-])c1nc(-c2ccccc2)c(-c2oc(C(C#N)C#N)nc2-c2ccccc2)o1. The molecule has 0 atom stereocenters. The number of nitrogens with zero attached hydrogens (tertiary/aromatic N) is 6. The molecule has 0 aliphatic rings. The summed E-state index contributed by atoms with van der Waals surface area (Å²) in [4.78, 5) is 15.4. The van der Waals surface area contributed by atoms with Crippen LogP contribution in [0.5, 0.6) is 0 Å². The van der Waals surface area contributed by atoms with E-state index in [0.717, 1.165) is 0 Å². The van der Waals surface area contributed by atoms with Crippen molar-refractivity contribution in [3.8, 4) is 46.2 Å². The van der Waals surface area contributed by atoms with Gasteiger partial charge < -0.3 is 8.83 Å². The highest BCUT2D eigenvalue weighted by molar-refractivity contribution is 5.82. The maximum atomic E-state index is 9.32. The van der Waals surface area contributed by atoms with Crippen molar-refractivity contribution in [3.63, 3.8) is 0 Å². The second-order valence-electron chi connectivity index (χ2n) is 6.51. The number of oxazole rings is 2. The summed E-state index contributed by atoms with van der Waals surface area (Å²) in [6, 6.07) is 21.9. The van der Waals surface area contributed by atoms with Gasteiger partial charge in [0.05, 0.1) is 12.1 Å². The van der Waals surface area contributed by atoms with Crippen LogP contribution in [0.1, 0.15) is 23.9 Å². The van der Waals surface area contributed by atoms with Gasteiger partial charge >= 0.3 is 12.1 Å². The highest BCUT2D eigenvalue weighted by Gasteiger charge is 2.34. The standard InChI is InChI=1S/C24H12N6O2/c1-27-22(28-2)24-30-19(16-11-7-4-8-12-16)21(32-24)20-18(15-9-5-3-6-10-15)29-23(31-20)17(13-25)14-26/h3-12,17,22H. The molecular weight excluding hydrogens is 404 g/mol. The lowest BCUT2D eigenvalue weighted by molar-refractivity contribution is 0.463. The first-order valence-electron chi connectivity index (χ1n) is 9.35. The molecule has 32 heavy (non-hydrogen) atoms. The Bertz CT molecular complexity index is 1290. The minimum Gasteiger partial charge on any atom is -0.434 e. The van der Waals surface area contributed by atoms with Gasteiger partial charge in [-0.15, -0.1) is 0 Å². The van der Waals surface area contributed by atoms with Crippen molar-refractivity contribution in [2.45, 2.75) is 12.1 Å². The van der Waals surface area contributed by atoms with Crippen LogP contribution in [-0.2, 0) is 0 Å². The summed E-state index contributed by atoms with van der Waals surface area (Å²) in [5.41, 5.74) is 2.08. The molecular formula is C24H12N6O2. The number of hydrogen-bond donors (Lipinski definition) is 0. The molecule has 150 valence electrons. The molecule has 0 amide bonds. The van der Waals surface area contributed by atoms with Crippen molar-refractivity contribution < 1.29 is 8.83 Å². The topological polar surface area (TPSA) is 108 Å². The maximum Gasteiger partial charge on any atom is 0.553 e. The first kappa shape index (κ1) is 20.1. The van der Waals surface area contributed by atoms with Crippen molar-refractivity contribution >= 4 is 0 Å². The number of hydrogen-bond acceptors (Lipinski definition) is 6. The summed E-state index contributed by atoms with van der Waals surface area (Å²) in [6.45, 7) is 14.6. The Kier molecular flexibility index (Phi) is 5.45. The van der Waals surface area contributed by atoms with E-state index in [9.17, 15) is 10.5 Å². The van der Waals surface area contributed by atoms with Crippen LogP contribution in [0.2, 0.25) is 0 Å². The maximum absolute atomic E-state index is 9.32. The molecule has 0 radical (unpaired) electrons. The molecule has 0 bridgehead atoms. The third-order valence-electron chi connectivity index (χ3n) is 4.56. The quantitative estimate of drug-likeness (QED) is 0.390. The van der Waals surface area contributed by atoms with Gasteiger partial charge in [0, 0.05) is 11.1 Å².